The van der Waals surface area contributed by atoms with Crippen LogP contribution in [0.4, 0.5) is 13.2 Å². The summed E-state index contributed by atoms with van der Waals surface area (Å²) in [6.07, 6.45) is -4.41. The maximum absolute atomic E-state index is 12.9. The van der Waals surface area contributed by atoms with E-state index in [1.165, 1.54) is 12.1 Å². The molecule has 1 fully saturated rings. The van der Waals surface area contributed by atoms with E-state index in [2.05, 4.69) is 40.4 Å². The van der Waals surface area contributed by atoms with Gasteiger partial charge in [-0.2, -0.15) is 13.2 Å². The quantitative estimate of drug-likeness (QED) is 0.410. The Morgan fingerprint density at radius 1 is 0.860 bits per heavy atom. The molecule has 9 heteroatoms. The molecule has 0 atom stereocenters. The third-order valence-electron chi connectivity index (χ3n) is 6.18. The minimum atomic E-state index is -4.41. The average molecular weight is 588 g/mol. The minimum Gasteiger partial charge on any atom is -0.482 e. The summed E-state index contributed by atoms with van der Waals surface area (Å²) in [6.45, 7) is 5.05. The molecule has 0 radical (unpaired) electrons. The van der Waals surface area contributed by atoms with Crippen LogP contribution >= 0.6 is 0 Å². The van der Waals surface area contributed by atoms with Gasteiger partial charge in [-0.15, -0.1) is 0 Å². The number of benzene rings is 3. The van der Waals surface area contributed by atoms with Crippen LogP contribution in [0, 0.1) is 42.4 Å². The van der Waals surface area contributed by atoms with E-state index >= 15 is 0 Å². The van der Waals surface area contributed by atoms with Gasteiger partial charge in [0.2, 0.25) is 0 Å². The number of carboxylic acid groups (broad SMARTS) is 1. The zero-order valence-corrected chi connectivity index (χ0v) is 23.4. The molecule has 0 spiro atoms. The Bertz CT molecular complexity index is 1620. The normalized spacial score (nSPS) is 12.9. The Balaban J connectivity index is 1.49. The zero-order valence-electron chi connectivity index (χ0n) is 23.4. The van der Waals surface area contributed by atoms with Crippen molar-refractivity contribution in [1.82, 2.24) is 4.90 Å². The standard InChI is InChI=1S/C34H28F3NO5/c1-25-20-31(12-13-32(25)43-24-33(39)40)42-17-3-5-28-21-27(4-2-14-38-15-18-41-19-16-38)22-29(23-28)7-6-26-8-10-30(11-9-26)34(35,36)37/h8-13,20-23H,14-19,24H2,1H3,(H,39,40). The summed E-state index contributed by atoms with van der Waals surface area (Å²) in [4.78, 5) is 12.9. The lowest BCUT2D eigenvalue weighted by Crippen LogP contribution is -2.36. The summed E-state index contributed by atoms with van der Waals surface area (Å²) >= 11 is 0. The monoisotopic (exact) mass is 587 g/mol. The van der Waals surface area contributed by atoms with Crippen molar-refractivity contribution in [1.29, 1.82) is 0 Å². The van der Waals surface area contributed by atoms with Crippen molar-refractivity contribution >= 4 is 5.97 Å². The molecule has 0 aromatic heterocycles. The second-order valence-corrected chi connectivity index (χ2v) is 9.51. The molecule has 0 amide bonds. The lowest BCUT2D eigenvalue weighted by molar-refractivity contribution is -0.139. The maximum Gasteiger partial charge on any atom is 0.416 e. The first-order valence-electron chi connectivity index (χ1n) is 13.4. The van der Waals surface area contributed by atoms with Crippen LogP contribution in [0.3, 0.4) is 0 Å². The predicted octanol–water partition coefficient (Wildman–Crippen LogP) is 4.99. The maximum atomic E-state index is 12.9. The molecule has 1 N–H and O–H groups in total. The van der Waals surface area contributed by atoms with E-state index in [1.807, 2.05) is 12.1 Å². The van der Waals surface area contributed by atoms with Crippen molar-refractivity contribution in [3.8, 4) is 47.0 Å². The van der Waals surface area contributed by atoms with Gasteiger partial charge in [0.15, 0.2) is 6.61 Å². The number of nitrogens with zero attached hydrogens (tertiary/aromatic N) is 1. The number of alkyl halides is 3. The Labute approximate surface area is 248 Å². The first kappa shape index (κ1) is 31.1. The molecule has 43 heavy (non-hydrogen) atoms. The fourth-order valence-electron chi connectivity index (χ4n) is 4.01. The van der Waals surface area contributed by atoms with Gasteiger partial charge in [-0.1, -0.05) is 35.5 Å². The molecule has 1 heterocycles. The minimum absolute atomic E-state index is 0.0915. The molecule has 0 bridgehead atoms. The number of hydrogen-bond donors (Lipinski definition) is 1. The van der Waals surface area contributed by atoms with Crippen molar-refractivity contribution in [2.45, 2.75) is 13.1 Å². The van der Waals surface area contributed by atoms with E-state index in [1.54, 1.807) is 31.2 Å². The van der Waals surface area contributed by atoms with Gasteiger partial charge < -0.3 is 19.3 Å². The van der Waals surface area contributed by atoms with E-state index in [4.69, 9.17) is 19.3 Å². The SMILES string of the molecule is Cc1cc(OCC#Cc2cc(C#CCN3CCOCC3)cc(C#Cc3ccc(C(F)(F)F)cc3)c2)ccc1OCC(=O)O. The second-order valence-electron chi connectivity index (χ2n) is 9.51. The number of rotatable bonds is 6. The number of ether oxygens (including phenoxy) is 3. The molecule has 6 nitrogen and oxygen atoms in total. The molecule has 1 aliphatic rings. The van der Waals surface area contributed by atoms with Crippen LogP contribution in [-0.4, -0.2) is 62.0 Å². The lowest BCUT2D eigenvalue weighted by Gasteiger charge is -2.24. The fourth-order valence-corrected chi connectivity index (χ4v) is 4.01. The van der Waals surface area contributed by atoms with Crippen LogP contribution in [0.25, 0.3) is 0 Å². The van der Waals surface area contributed by atoms with Crippen LogP contribution < -0.4 is 9.47 Å². The molecule has 4 rings (SSSR count). The molecule has 3 aromatic rings. The van der Waals surface area contributed by atoms with E-state index < -0.39 is 24.3 Å². The highest BCUT2D eigenvalue weighted by Gasteiger charge is 2.29. The molecule has 0 aliphatic carbocycles. The Morgan fingerprint density at radius 3 is 2.12 bits per heavy atom. The number of aryl methyl sites for hydroxylation is 1. The molecular weight excluding hydrogens is 559 g/mol. The van der Waals surface area contributed by atoms with Crippen molar-refractivity contribution < 1.29 is 37.3 Å². The summed E-state index contributed by atoms with van der Waals surface area (Å²) in [5, 5.41) is 8.78. The van der Waals surface area contributed by atoms with Crippen LogP contribution in [-0.2, 0) is 15.7 Å². The van der Waals surface area contributed by atoms with E-state index in [-0.39, 0.29) is 6.61 Å². The van der Waals surface area contributed by atoms with Crippen LogP contribution in [0.2, 0.25) is 0 Å². The second kappa shape index (κ2) is 14.8. The summed E-state index contributed by atoms with van der Waals surface area (Å²) in [7, 11) is 0. The molecule has 3 aromatic carbocycles. The van der Waals surface area contributed by atoms with Crippen molar-refractivity contribution in [3.05, 3.63) is 94.0 Å². The fraction of sp³-hybridized carbons (Fsp3) is 0.265. The van der Waals surface area contributed by atoms with Crippen LogP contribution in [0.5, 0.6) is 11.5 Å². The van der Waals surface area contributed by atoms with E-state index in [0.717, 1.165) is 30.8 Å². The molecular formula is C34H28F3NO5. The van der Waals surface area contributed by atoms with Gasteiger partial charge in [-0.3, -0.25) is 4.90 Å². The van der Waals surface area contributed by atoms with Gasteiger partial charge in [0.05, 0.1) is 25.3 Å². The number of hydrogen-bond acceptors (Lipinski definition) is 5. The van der Waals surface area contributed by atoms with E-state index in [0.29, 0.717) is 53.5 Å². The summed E-state index contributed by atoms with van der Waals surface area (Å²) in [5.74, 6) is 18.3. The Hall–Kier alpha value is -4.88. The van der Waals surface area contributed by atoms with Gasteiger partial charge >= 0.3 is 12.1 Å². The van der Waals surface area contributed by atoms with Gasteiger partial charge in [-0.05, 0) is 73.2 Å². The van der Waals surface area contributed by atoms with Gasteiger partial charge in [0.1, 0.15) is 18.1 Å². The Morgan fingerprint density at radius 2 is 1.49 bits per heavy atom. The first-order chi connectivity index (χ1) is 20.7. The topological polar surface area (TPSA) is 68.2 Å². The van der Waals surface area contributed by atoms with Crippen LogP contribution in [0.15, 0.2) is 60.7 Å². The number of carbonyl (C=O) groups is 1. The van der Waals surface area contributed by atoms with Gasteiger partial charge in [0, 0.05) is 35.3 Å². The largest absolute Gasteiger partial charge is 0.482 e. The zero-order chi connectivity index (χ0) is 30.7. The highest BCUT2D eigenvalue weighted by molar-refractivity contribution is 5.68. The summed E-state index contributed by atoms with van der Waals surface area (Å²) in [6, 6.07) is 15.2. The van der Waals surface area contributed by atoms with Crippen molar-refractivity contribution in [3.63, 3.8) is 0 Å². The predicted molar refractivity (Wildman–Crippen MR) is 155 cm³/mol. The number of halogens is 3. The third-order valence-corrected chi connectivity index (χ3v) is 6.18. The van der Waals surface area contributed by atoms with Crippen molar-refractivity contribution in [2.75, 3.05) is 46.1 Å². The highest BCUT2D eigenvalue weighted by Crippen LogP contribution is 2.29. The van der Waals surface area contributed by atoms with E-state index in [9.17, 15) is 18.0 Å². The number of aliphatic carboxylic acids is 1. The number of carboxylic acids is 1. The molecule has 0 unspecified atom stereocenters. The highest BCUT2D eigenvalue weighted by atomic mass is 19.4. The Kier molecular flexibility index (Phi) is 10.7. The summed E-state index contributed by atoms with van der Waals surface area (Å²) < 4.78 is 55.0. The smallest absolute Gasteiger partial charge is 0.416 e. The average Bonchev–Trinajstić information content (AvgIpc) is 2.98. The lowest BCUT2D eigenvalue weighted by atomic mass is 10.1. The third kappa shape index (κ3) is 10.2. The van der Waals surface area contributed by atoms with Crippen molar-refractivity contribution in [2.24, 2.45) is 0 Å². The molecule has 0 saturated carbocycles. The molecule has 220 valence electrons. The van der Waals surface area contributed by atoms with Gasteiger partial charge in [-0.25, -0.2) is 4.79 Å². The molecule has 1 aliphatic heterocycles. The first-order valence-corrected chi connectivity index (χ1v) is 13.4. The van der Waals surface area contributed by atoms with Crippen LogP contribution in [0.1, 0.15) is 33.4 Å². The molecule has 1 saturated heterocycles. The summed E-state index contributed by atoms with van der Waals surface area (Å²) in [5.41, 5.74) is 2.44. The number of morpholine rings is 1. The van der Waals surface area contributed by atoms with Gasteiger partial charge in [0.25, 0.3) is 0 Å².